The summed E-state index contributed by atoms with van der Waals surface area (Å²) in [5.74, 6) is -0.318. The number of hydrogen-bond acceptors (Lipinski definition) is 4. The number of hydrogen-bond donors (Lipinski definition) is 1. The highest BCUT2D eigenvalue weighted by Crippen LogP contribution is 2.16. The number of nitrogens with zero attached hydrogens (tertiary/aromatic N) is 3. The molecule has 168 valence electrons. The van der Waals surface area contributed by atoms with Crippen LogP contribution in [0.2, 0.25) is 0 Å². The molecule has 31 heavy (non-hydrogen) atoms. The van der Waals surface area contributed by atoms with E-state index in [9.17, 15) is 14.4 Å². The Balaban J connectivity index is 1.23. The Morgan fingerprint density at radius 1 is 0.903 bits per heavy atom. The van der Waals surface area contributed by atoms with E-state index >= 15 is 0 Å². The Bertz CT molecular complexity index is 800. The summed E-state index contributed by atoms with van der Waals surface area (Å²) in [4.78, 5) is 44.0. The summed E-state index contributed by atoms with van der Waals surface area (Å²) in [5.41, 5.74) is 0.966. The number of amides is 3. The molecule has 1 N–H and O–H groups in total. The van der Waals surface area contributed by atoms with Gasteiger partial charge in [0.2, 0.25) is 5.91 Å². The second-order valence-electron chi connectivity index (χ2n) is 9.00. The van der Waals surface area contributed by atoms with Crippen molar-refractivity contribution in [1.29, 1.82) is 0 Å². The van der Waals surface area contributed by atoms with Gasteiger partial charge in [-0.15, -0.1) is 0 Å². The van der Waals surface area contributed by atoms with Crippen LogP contribution in [0.3, 0.4) is 0 Å². The van der Waals surface area contributed by atoms with Gasteiger partial charge in [0.25, 0.3) is 11.8 Å². The molecule has 0 spiro atoms. The molecule has 4 rings (SSSR count). The highest BCUT2D eigenvalue weighted by Gasteiger charge is 2.37. The van der Waals surface area contributed by atoms with Gasteiger partial charge in [0, 0.05) is 37.3 Å². The molecular formula is C24H34N4O3. The number of carbonyl (C=O) groups is 3. The number of piperidine rings is 2. The maximum absolute atomic E-state index is 12.7. The van der Waals surface area contributed by atoms with Crippen LogP contribution < -0.4 is 5.32 Å². The van der Waals surface area contributed by atoms with Crippen LogP contribution in [0.5, 0.6) is 0 Å². The molecule has 0 radical (unpaired) electrons. The number of rotatable bonds is 7. The third kappa shape index (κ3) is 5.45. The fourth-order valence-electron chi connectivity index (χ4n) is 4.79. The van der Waals surface area contributed by atoms with E-state index in [0.717, 1.165) is 51.9 Å². The Labute approximate surface area is 184 Å². The fraction of sp³-hybridized carbons (Fsp3) is 0.625. The van der Waals surface area contributed by atoms with Gasteiger partial charge in [-0.3, -0.25) is 14.4 Å². The molecule has 0 aliphatic carbocycles. The third-order valence-electron chi connectivity index (χ3n) is 6.68. The molecule has 3 aliphatic heterocycles. The standard InChI is InChI=1S/C24H34N4O3/c29-22(19-9-7-10-20(17-19)23(30)27-14-5-2-6-15-27)25-21-18-28(24(21)31)16-8-13-26-11-3-1-4-12-26/h7,9-10,17,21H,1-6,8,11-16,18H2,(H,25,29). The van der Waals surface area contributed by atoms with Crippen molar-refractivity contribution in [3.05, 3.63) is 35.4 Å². The molecule has 0 bridgehead atoms. The van der Waals surface area contributed by atoms with Crippen molar-refractivity contribution in [3.63, 3.8) is 0 Å². The van der Waals surface area contributed by atoms with Crippen LogP contribution in [0.15, 0.2) is 24.3 Å². The van der Waals surface area contributed by atoms with E-state index in [0.29, 0.717) is 17.7 Å². The van der Waals surface area contributed by atoms with E-state index in [1.165, 1.54) is 32.4 Å². The van der Waals surface area contributed by atoms with E-state index in [1.54, 1.807) is 24.3 Å². The largest absolute Gasteiger partial charge is 0.339 e. The average molecular weight is 427 g/mol. The topological polar surface area (TPSA) is 73.0 Å². The quantitative estimate of drug-likeness (QED) is 0.678. The molecule has 3 aliphatic rings. The SMILES string of the molecule is O=C(NC1CN(CCCN2CCCCC2)C1=O)c1cccc(C(=O)N2CCCCC2)c1. The second-order valence-corrected chi connectivity index (χ2v) is 9.00. The third-order valence-corrected chi connectivity index (χ3v) is 6.68. The van der Waals surface area contributed by atoms with Gasteiger partial charge >= 0.3 is 0 Å². The minimum absolute atomic E-state index is 0.00691. The predicted molar refractivity (Wildman–Crippen MR) is 119 cm³/mol. The minimum Gasteiger partial charge on any atom is -0.339 e. The Morgan fingerprint density at radius 3 is 2.29 bits per heavy atom. The molecule has 1 aromatic rings. The van der Waals surface area contributed by atoms with Gasteiger partial charge < -0.3 is 20.0 Å². The molecule has 3 heterocycles. The Hall–Kier alpha value is -2.41. The van der Waals surface area contributed by atoms with Gasteiger partial charge in [-0.25, -0.2) is 0 Å². The van der Waals surface area contributed by atoms with E-state index in [4.69, 9.17) is 0 Å². The summed E-state index contributed by atoms with van der Waals surface area (Å²) in [6.45, 7) is 6.26. The highest BCUT2D eigenvalue weighted by molar-refractivity contribution is 6.02. The Kier molecular flexibility index (Phi) is 7.22. The molecule has 7 nitrogen and oxygen atoms in total. The summed E-state index contributed by atoms with van der Waals surface area (Å²) in [6.07, 6.45) is 8.10. The smallest absolute Gasteiger partial charge is 0.253 e. The molecule has 7 heteroatoms. The number of likely N-dealkylation sites (tertiary alicyclic amines) is 3. The zero-order chi connectivity index (χ0) is 21.6. The monoisotopic (exact) mass is 426 g/mol. The minimum atomic E-state index is -0.455. The molecule has 3 amide bonds. The normalized spacial score (nSPS) is 22.2. The lowest BCUT2D eigenvalue weighted by Gasteiger charge is -2.39. The van der Waals surface area contributed by atoms with Gasteiger partial charge in [0.05, 0.1) is 0 Å². The second kappa shape index (κ2) is 10.3. The van der Waals surface area contributed by atoms with Crippen LogP contribution in [0.4, 0.5) is 0 Å². The summed E-state index contributed by atoms with van der Waals surface area (Å²) in [5, 5.41) is 2.83. The van der Waals surface area contributed by atoms with Crippen molar-refractivity contribution < 1.29 is 14.4 Å². The maximum Gasteiger partial charge on any atom is 0.253 e. The van der Waals surface area contributed by atoms with E-state index < -0.39 is 6.04 Å². The molecular weight excluding hydrogens is 392 g/mol. The first-order valence-corrected chi connectivity index (χ1v) is 11.8. The first-order chi connectivity index (χ1) is 15.1. The van der Waals surface area contributed by atoms with Crippen molar-refractivity contribution >= 4 is 17.7 Å². The van der Waals surface area contributed by atoms with Crippen LogP contribution in [0.1, 0.15) is 65.7 Å². The van der Waals surface area contributed by atoms with Crippen LogP contribution in [0.25, 0.3) is 0 Å². The molecule has 1 aromatic carbocycles. The zero-order valence-electron chi connectivity index (χ0n) is 18.4. The van der Waals surface area contributed by atoms with Crippen molar-refractivity contribution in [3.8, 4) is 0 Å². The van der Waals surface area contributed by atoms with E-state index in [1.807, 2.05) is 9.80 Å². The number of β-lactam (4-membered cyclic amide) rings is 1. The number of carbonyl (C=O) groups excluding carboxylic acids is 3. The average Bonchev–Trinajstić information content (AvgIpc) is 2.83. The van der Waals surface area contributed by atoms with E-state index in [-0.39, 0.29) is 17.7 Å². The highest BCUT2D eigenvalue weighted by atomic mass is 16.2. The van der Waals surface area contributed by atoms with Crippen LogP contribution >= 0.6 is 0 Å². The van der Waals surface area contributed by atoms with Crippen molar-refractivity contribution in [2.24, 2.45) is 0 Å². The van der Waals surface area contributed by atoms with E-state index in [2.05, 4.69) is 10.2 Å². The van der Waals surface area contributed by atoms with Crippen molar-refractivity contribution in [1.82, 2.24) is 20.0 Å². The molecule has 0 saturated carbocycles. The summed E-state index contributed by atoms with van der Waals surface area (Å²) in [7, 11) is 0. The lowest BCUT2D eigenvalue weighted by atomic mass is 10.0. The Morgan fingerprint density at radius 2 is 1.58 bits per heavy atom. The van der Waals surface area contributed by atoms with Gasteiger partial charge in [-0.1, -0.05) is 12.5 Å². The molecule has 3 saturated heterocycles. The van der Waals surface area contributed by atoms with Gasteiger partial charge in [-0.2, -0.15) is 0 Å². The molecule has 0 aromatic heterocycles. The summed E-state index contributed by atoms with van der Waals surface area (Å²) in [6, 6.07) is 6.38. The van der Waals surface area contributed by atoms with Crippen molar-refractivity contribution in [2.75, 3.05) is 45.8 Å². The molecule has 1 unspecified atom stereocenters. The van der Waals surface area contributed by atoms with Crippen LogP contribution in [-0.2, 0) is 4.79 Å². The summed E-state index contributed by atoms with van der Waals surface area (Å²) < 4.78 is 0. The molecule has 1 atom stereocenters. The lowest BCUT2D eigenvalue weighted by Crippen LogP contribution is -2.64. The summed E-state index contributed by atoms with van der Waals surface area (Å²) >= 11 is 0. The first-order valence-electron chi connectivity index (χ1n) is 11.8. The first kappa shape index (κ1) is 21.8. The van der Waals surface area contributed by atoms with Gasteiger partial charge in [-0.05, 0) is 76.4 Å². The van der Waals surface area contributed by atoms with Crippen molar-refractivity contribution in [2.45, 2.75) is 51.0 Å². The fourth-order valence-corrected chi connectivity index (χ4v) is 4.79. The lowest BCUT2D eigenvalue weighted by molar-refractivity contribution is -0.143. The molecule has 3 fully saturated rings. The number of benzene rings is 1. The van der Waals surface area contributed by atoms with Gasteiger partial charge in [0.1, 0.15) is 6.04 Å². The number of nitrogens with one attached hydrogen (secondary N) is 1. The maximum atomic E-state index is 12.7. The zero-order valence-corrected chi connectivity index (χ0v) is 18.4. The predicted octanol–water partition coefficient (Wildman–Crippen LogP) is 2.13. The van der Waals surface area contributed by atoms with Crippen LogP contribution in [-0.4, -0.2) is 84.3 Å². The van der Waals surface area contributed by atoms with Gasteiger partial charge in [0.15, 0.2) is 0 Å². The van der Waals surface area contributed by atoms with Crippen LogP contribution in [0, 0.1) is 0 Å².